The monoisotopic (exact) mass is 280 g/mol. The number of nitrogens with two attached hydrogens (primary N) is 1. The third kappa shape index (κ3) is 3.59. The highest BCUT2D eigenvalue weighted by molar-refractivity contribution is 5.13. The lowest BCUT2D eigenvalue weighted by atomic mass is 10.0. The number of nitrogens with one attached hydrogen (secondary N) is 1. The van der Waals surface area contributed by atoms with E-state index < -0.39 is 0 Å². The summed E-state index contributed by atoms with van der Waals surface area (Å²) in [5, 5.41) is 4.61. The maximum atomic E-state index is 5.93. The summed E-state index contributed by atoms with van der Waals surface area (Å²) in [5.74, 6) is 6.45. The van der Waals surface area contributed by atoms with Crippen LogP contribution in [0.25, 0.3) is 0 Å². The third-order valence-corrected chi connectivity index (χ3v) is 4.06. The zero-order valence-electron chi connectivity index (χ0n) is 12.9. The second kappa shape index (κ2) is 7.20. The van der Waals surface area contributed by atoms with Gasteiger partial charge in [0.25, 0.3) is 0 Å². The fourth-order valence-corrected chi connectivity index (χ4v) is 2.82. The number of ether oxygens (including phenoxy) is 1. The highest BCUT2D eigenvalue weighted by Gasteiger charge is 2.37. The van der Waals surface area contributed by atoms with Crippen molar-refractivity contribution in [3.05, 3.63) is 17.5 Å². The van der Waals surface area contributed by atoms with Crippen LogP contribution in [-0.2, 0) is 24.1 Å². The lowest BCUT2D eigenvalue weighted by molar-refractivity contribution is 0.0187. The summed E-state index contributed by atoms with van der Waals surface area (Å²) in [6.07, 6.45) is 4.58. The number of nitrogens with zero attached hydrogens (tertiary/aromatic N) is 2. The number of aryl methyl sites for hydroxylation is 2. The molecule has 5 heteroatoms. The van der Waals surface area contributed by atoms with Crippen LogP contribution < -0.4 is 11.3 Å². The van der Waals surface area contributed by atoms with Gasteiger partial charge in [0.1, 0.15) is 0 Å². The Labute approximate surface area is 121 Å². The standard InChI is InChI=1S/C15H28N4O/c1-4-12-9-13(19(5-2)18-12)10-14(17-16)15(20-6-3)11-7-8-11/h9,11,14-15,17H,4-8,10,16H2,1-3H3. The van der Waals surface area contributed by atoms with Crippen LogP contribution in [-0.4, -0.2) is 28.5 Å². The molecule has 0 amide bonds. The molecule has 0 aromatic carbocycles. The molecule has 2 atom stereocenters. The van der Waals surface area contributed by atoms with Crippen LogP contribution in [0.1, 0.15) is 45.0 Å². The van der Waals surface area contributed by atoms with Gasteiger partial charge in [-0.15, -0.1) is 0 Å². The molecule has 2 unspecified atom stereocenters. The van der Waals surface area contributed by atoms with Gasteiger partial charge >= 0.3 is 0 Å². The first kappa shape index (κ1) is 15.5. The maximum Gasteiger partial charge on any atom is 0.0773 e. The van der Waals surface area contributed by atoms with Crippen molar-refractivity contribution in [2.45, 2.75) is 65.1 Å². The Morgan fingerprint density at radius 2 is 2.20 bits per heavy atom. The smallest absolute Gasteiger partial charge is 0.0773 e. The lowest BCUT2D eigenvalue weighted by Gasteiger charge is -2.26. The van der Waals surface area contributed by atoms with Gasteiger partial charge in [-0.1, -0.05) is 6.92 Å². The molecule has 1 heterocycles. The molecule has 1 aromatic rings. The normalized spacial score (nSPS) is 18.2. The van der Waals surface area contributed by atoms with Gasteiger partial charge in [-0.3, -0.25) is 16.0 Å². The van der Waals surface area contributed by atoms with Crippen LogP contribution in [0.3, 0.4) is 0 Å². The summed E-state index contributed by atoms with van der Waals surface area (Å²) in [5.41, 5.74) is 5.37. The Bertz CT molecular complexity index is 414. The molecule has 3 N–H and O–H groups in total. The van der Waals surface area contributed by atoms with Gasteiger partial charge in [-0.25, -0.2) is 0 Å². The van der Waals surface area contributed by atoms with E-state index in [1.807, 2.05) is 0 Å². The second-order valence-electron chi connectivity index (χ2n) is 5.53. The van der Waals surface area contributed by atoms with E-state index in [1.54, 1.807) is 0 Å². The van der Waals surface area contributed by atoms with E-state index in [1.165, 1.54) is 18.5 Å². The molecule has 1 saturated carbocycles. The largest absolute Gasteiger partial charge is 0.377 e. The summed E-state index contributed by atoms with van der Waals surface area (Å²) in [7, 11) is 0. The second-order valence-corrected chi connectivity index (χ2v) is 5.53. The number of aromatic nitrogens is 2. The van der Waals surface area contributed by atoms with Gasteiger partial charge in [0.2, 0.25) is 0 Å². The molecule has 1 aliphatic carbocycles. The Kier molecular flexibility index (Phi) is 5.57. The van der Waals surface area contributed by atoms with E-state index in [9.17, 15) is 0 Å². The minimum absolute atomic E-state index is 0.161. The fraction of sp³-hybridized carbons (Fsp3) is 0.800. The van der Waals surface area contributed by atoms with Crippen molar-refractivity contribution in [2.75, 3.05) is 6.61 Å². The van der Waals surface area contributed by atoms with Crippen LogP contribution in [0.15, 0.2) is 6.07 Å². The van der Waals surface area contributed by atoms with Crippen molar-refractivity contribution in [2.24, 2.45) is 11.8 Å². The molecule has 0 aliphatic heterocycles. The molecule has 0 radical (unpaired) electrons. The average Bonchev–Trinajstić information content (AvgIpc) is 3.23. The molecule has 20 heavy (non-hydrogen) atoms. The topological polar surface area (TPSA) is 65.1 Å². The van der Waals surface area contributed by atoms with Gasteiger partial charge in [-0.05, 0) is 45.1 Å². The molecule has 0 saturated heterocycles. The number of hydrogen-bond donors (Lipinski definition) is 2. The number of rotatable bonds is 9. The first-order valence-electron chi connectivity index (χ1n) is 7.86. The Hall–Kier alpha value is -0.910. The zero-order chi connectivity index (χ0) is 14.5. The molecule has 114 valence electrons. The van der Waals surface area contributed by atoms with Crippen molar-refractivity contribution in [3.63, 3.8) is 0 Å². The van der Waals surface area contributed by atoms with Crippen molar-refractivity contribution in [1.29, 1.82) is 0 Å². The minimum Gasteiger partial charge on any atom is -0.377 e. The Morgan fingerprint density at radius 3 is 2.70 bits per heavy atom. The molecule has 5 nitrogen and oxygen atoms in total. The fourth-order valence-electron chi connectivity index (χ4n) is 2.82. The average molecular weight is 280 g/mol. The molecule has 1 aliphatic rings. The summed E-state index contributed by atoms with van der Waals surface area (Å²) in [4.78, 5) is 0. The number of hydrogen-bond acceptors (Lipinski definition) is 4. The first-order valence-corrected chi connectivity index (χ1v) is 7.86. The SMILES string of the molecule is CCOC(C1CC1)C(Cc1cc(CC)nn1CC)NN. The van der Waals surface area contributed by atoms with Crippen molar-refractivity contribution >= 4 is 0 Å². The van der Waals surface area contributed by atoms with E-state index in [0.717, 1.165) is 31.7 Å². The van der Waals surface area contributed by atoms with E-state index in [0.29, 0.717) is 5.92 Å². The highest BCUT2D eigenvalue weighted by Crippen LogP contribution is 2.36. The van der Waals surface area contributed by atoms with Crippen LogP contribution in [0.4, 0.5) is 0 Å². The highest BCUT2D eigenvalue weighted by atomic mass is 16.5. The molecule has 0 bridgehead atoms. The van der Waals surface area contributed by atoms with E-state index in [4.69, 9.17) is 10.6 Å². The molecule has 1 aromatic heterocycles. The summed E-state index contributed by atoms with van der Waals surface area (Å²) >= 11 is 0. The van der Waals surface area contributed by atoms with Crippen molar-refractivity contribution in [1.82, 2.24) is 15.2 Å². The molecule has 0 spiro atoms. The molecule has 1 fully saturated rings. The quantitative estimate of drug-likeness (QED) is 0.533. The zero-order valence-corrected chi connectivity index (χ0v) is 12.9. The predicted octanol–water partition coefficient (Wildman–Crippen LogP) is 1.65. The summed E-state index contributed by atoms with van der Waals surface area (Å²) in [6.45, 7) is 7.95. The lowest BCUT2D eigenvalue weighted by Crippen LogP contribution is -2.48. The van der Waals surface area contributed by atoms with Crippen molar-refractivity contribution in [3.8, 4) is 0 Å². The van der Waals surface area contributed by atoms with E-state index in [-0.39, 0.29) is 12.1 Å². The van der Waals surface area contributed by atoms with Crippen LogP contribution in [0, 0.1) is 5.92 Å². The molecule has 2 rings (SSSR count). The van der Waals surface area contributed by atoms with Gasteiger partial charge in [0.05, 0.1) is 17.8 Å². The van der Waals surface area contributed by atoms with Crippen LogP contribution in [0.5, 0.6) is 0 Å². The van der Waals surface area contributed by atoms with Gasteiger partial charge in [-0.2, -0.15) is 5.10 Å². The number of hydrazine groups is 1. The maximum absolute atomic E-state index is 5.93. The summed E-state index contributed by atoms with van der Waals surface area (Å²) < 4.78 is 8.01. The first-order chi connectivity index (χ1) is 9.73. The summed E-state index contributed by atoms with van der Waals surface area (Å²) in [6, 6.07) is 2.36. The third-order valence-electron chi connectivity index (χ3n) is 4.06. The minimum atomic E-state index is 0.161. The van der Waals surface area contributed by atoms with Crippen LogP contribution >= 0.6 is 0 Å². The Balaban J connectivity index is 2.09. The molecular formula is C15H28N4O. The van der Waals surface area contributed by atoms with Crippen LogP contribution in [0.2, 0.25) is 0 Å². The van der Waals surface area contributed by atoms with E-state index in [2.05, 4.69) is 42.0 Å². The van der Waals surface area contributed by atoms with E-state index >= 15 is 0 Å². The van der Waals surface area contributed by atoms with Gasteiger partial charge in [0, 0.05) is 25.3 Å². The molecular weight excluding hydrogens is 252 g/mol. The van der Waals surface area contributed by atoms with Gasteiger partial charge < -0.3 is 4.74 Å². The predicted molar refractivity (Wildman–Crippen MR) is 80.2 cm³/mol. The Morgan fingerprint density at radius 1 is 1.45 bits per heavy atom. The van der Waals surface area contributed by atoms with Gasteiger partial charge in [0.15, 0.2) is 0 Å². The van der Waals surface area contributed by atoms with Crippen molar-refractivity contribution < 1.29 is 4.74 Å².